The van der Waals surface area contributed by atoms with Gasteiger partial charge in [0.05, 0.1) is 32.6 Å². The number of amides is 2. The van der Waals surface area contributed by atoms with Gasteiger partial charge in [0, 0.05) is 12.6 Å². The molecule has 3 N–H and O–H groups in total. The van der Waals surface area contributed by atoms with Crippen LogP contribution in [0.1, 0.15) is 100 Å². The van der Waals surface area contributed by atoms with Crippen molar-refractivity contribution in [3.05, 3.63) is 113 Å². The minimum absolute atomic E-state index is 0.0202. The van der Waals surface area contributed by atoms with Crippen LogP contribution in [0.2, 0.25) is 0 Å². The van der Waals surface area contributed by atoms with Gasteiger partial charge in [-0.15, -0.1) is 0 Å². The SMILES string of the molecule is CC(C)(C)OC(=O)NCc1cccc(-n2nc(C(F)(F)F)cc2C(=O)Nc2cc(C(CCC3CC3)(N[S@](=O)C(C)(C)C)c3ccccc3)ccc2F)c1. The van der Waals surface area contributed by atoms with Gasteiger partial charge in [0.1, 0.15) is 17.1 Å². The lowest BCUT2D eigenvalue weighted by Crippen LogP contribution is -2.49. The van der Waals surface area contributed by atoms with Crippen molar-refractivity contribution in [3.63, 3.8) is 0 Å². The standard InChI is InChI=1S/C39H45F4N5O4S/c1-36(2,3)52-35(50)44-24-26-11-10-14-29(21-26)48-32(23-33(46-48)39(41,42)43)34(49)45-31-22-28(17-18-30(31)40)38(20-19-25-15-16-25,27-12-8-7-9-13-27)47-53(51)37(4,5)6/h7-14,17-18,21-23,25,47H,15-16,19-20,24H2,1-6H3,(H,44,50)(H,45,49)/t38?,53-/m1/s1. The molecule has 53 heavy (non-hydrogen) atoms. The second kappa shape index (κ2) is 15.4. The third-order valence-corrected chi connectivity index (χ3v) is 10.3. The van der Waals surface area contributed by atoms with Gasteiger partial charge in [-0.2, -0.15) is 18.3 Å². The number of benzene rings is 3. The number of alkyl halides is 3. The number of nitrogens with zero attached hydrogens (tertiary/aromatic N) is 2. The Labute approximate surface area is 309 Å². The van der Waals surface area contributed by atoms with Gasteiger partial charge < -0.3 is 15.4 Å². The molecule has 4 aromatic rings. The highest BCUT2D eigenvalue weighted by molar-refractivity contribution is 7.84. The Morgan fingerprint density at radius 3 is 2.23 bits per heavy atom. The summed E-state index contributed by atoms with van der Waals surface area (Å²) in [6.45, 7) is 10.6. The molecule has 1 saturated carbocycles. The lowest BCUT2D eigenvalue weighted by Gasteiger charge is -2.38. The molecule has 1 aromatic heterocycles. The van der Waals surface area contributed by atoms with Crippen LogP contribution in [-0.4, -0.2) is 36.3 Å². The average Bonchev–Trinajstić information content (AvgIpc) is 3.79. The normalized spacial score (nSPS) is 15.4. The lowest BCUT2D eigenvalue weighted by atomic mass is 9.79. The van der Waals surface area contributed by atoms with Gasteiger partial charge in [0.15, 0.2) is 5.69 Å². The zero-order valence-electron chi connectivity index (χ0n) is 30.6. The number of halogens is 4. The molecular formula is C39H45F4N5O4S. The number of nitrogens with one attached hydrogen (secondary N) is 3. The number of ether oxygens (including phenoxy) is 1. The minimum atomic E-state index is -4.90. The van der Waals surface area contributed by atoms with Gasteiger partial charge in [-0.1, -0.05) is 61.4 Å². The summed E-state index contributed by atoms with van der Waals surface area (Å²) >= 11 is 0. The zero-order chi connectivity index (χ0) is 38.8. The molecule has 0 spiro atoms. The fourth-order valence-electron chi connectivity index (χ4n) is 5.72. The van der Waals surface area contributed by atoms with Crippen LogP contribution in [0.25, 0.3) is 5.69 Å². The fourth-order valence-corrected chi connectivity index (χ4v) is 6.68. The van der Waals surface area contributed by atoms with Crippen LogP contribution in [-0.2, 0) is 34.0 Å². The van der Waals surface area contributed by atoms with Crippen LogP contribution in [0.4, 0.5) is 28.0 Å². The molecule has 1 aliphatic carbocycles. The monoisotopic (exact) mass is 755 g/mol. The molecule has 3 aromatic carbocycles. The Hall–Kier alpha value is -4.56. The van der Waals surface area contributed by atoms with E-state index in [4.69, 9.17) is 4.74 Å². The van der Waals surface area contributed by atoms with Gasteiger partial charge in [-0.3, -0.25) is 4.79 Å². The van der Waals surface area contributed by atoms with Crippen molar-refractivity contribution in [1.82, 2.24) is 19.8 Å². The summed E-state index contributed by atoms with van der Waals surface area (Å²) in [6.07, 6.45) is -2.11. The predicted molar refractivity (Wildman–Crippen MR) is 196 cm³/mol. The van der Waals surface area contributed by atoms with E-state index >= 15 is 4.39 Å². The number of anilines is 1. The largest absolute Gasteiger partial charge is 0.444 e. The molecule has 1 fully saturated rings. The highest BCUT2D eigenvalue weighted by atomic mass is 32.2. The molecule has 2 atom stereocenters. The Morgan fingerprint density at radius 2 is 1.60 bits per heavy atom. The number of rotatable bonds is 12. The number of hydrogen-bond acceptors (Lipinski definition) is 5. The Bertz CT molecular complexity index is 1970. The second-order valence-corrected chi connectivity index (χ2v) is 17.2. The summed E-state index contributed by atoms with van der Waals surface area (Å²) in [5.41, 5.74) is -2.01. The van der Waals surface area contributed by atoms with Crippen LogP contribution in [0.15, 0.2) is 78.9 Å². The molecule has 1 heterocycles. The summed E-state index contributed by atoms with van der Waals surface area (Å²) in [7, 11) is -1.58. The van der Waals surface area contributed by atoms with Crippen molar-refractivity contribution in [3.8, 4) is 5.69 Å². The maximum Gasteiger partial charge on any atom is 0.435 e. The summed E-state index contributed by atoms with van der Waals surface area (Å²) in [6, 6.07) is 20.3. The summed E-state index contributed by atoms with van der Waals surface area (Å²) in [5, 5.41) is 8.78. The van der Waals surface area contributed by atoms with E-state index in [1.807, 2.05) is 51.1 Å². The van der Waals surface area contributed by atoms with E-state index in [-0.39, 0.29) is 17.9 Å². The molecule has 14 heteroatoms. The van der Waals surface area contributed by atoms with E-state index in [0.29, 0.717) is 29.5 Å². The summed E-state index contributed by atoms with van der Waals surface area (Å²) in [5.74, 6) is -1.37. The van der Waals surface area contributed by atoms with E-state index in [1.54, 1.807) is 39.0 Å². The van der Waals surface area contributed by atoms with Crippen molar-refractivity contribution in [1.29, 1.82) is 0 Å². The van der Waals surface area contributed by atoms with E-state index in [0.717, 1.165) is 29.5 Å². The molecule has 0 saturated heterocycles. The van der Waals surface area contributed by atoms with E-state index in [2.05, 4.69) is 20.5 Å². The number of carbonyl (C=O) groups is 2. The summed E-state index contributed by atoms with van der Waals surface area (Å²) < 4.78 is 80.1. The van der Waals surface area contributed by atoms with E-state index in [1.165, 1.54) is 24.3 Å². The van der Waals surface area contributed by atoms with Gasteiger partial charge >= 0.3 is 12.3 Å². The van der Waals surface area contributed by atoms with Gasteiger partial charge in [-0.05, 0) is 101 Å². The van der Waals surface area contributed by atoms with Crippen LogP contribution in [0.5, 0.6) is 0 Å². The Kier molecular flexibility index (Phi) is 11.5. The molecule has 284 valence electrons. The first-order valence-electron chi connectivity index (χ1n) is 17.4. The highest BCUT2D eigenvalue weighted by Crippen LogP contribution is 2.43. The Morgan fingerprint density at radius 1 is 0.906 bits per heavy atom. The smallest absolute Gasteiger partial charge is 0.435 e. The number of aromatic nitrogens is 2. The molecule has 5 rings (SSSR count). The van der Waals surface area contributed by atoms with Crippen molar-refractivity contribution < 1.29 is 36.1 Å². The first-order valence-corrected chi connectivity index (χ1v) is 18.5. The molecule has 2 amide bonds. The van der Waals surface area contributed by atoms with E-state index < -0.39 is 62.3 Å². The van der Waals surface area contributed by atoms with Crippen LogP contribution < -0.4 is 15.4 Å². The molecule has 1 unspecified atom stereocenters. The number of carbonyl (C=O) groups excluding carboxylic acids is 2. The third kappa shape index (κ3) is 10.1. The van der Waals surface area contributed by atoms with Gasteiger partial charge in [0.25, 0.3) is 5.91 Å². The maximum absolute atomic E-state index is 15.6. The zero-order valence-corrected chi connectivity index (χ0v) is 31.4. The summed E-state index contributed by atoms with van der Waals surface area (Å²) in [4.78, 5) is 26.1. The molecule has 0 aliphatic heterocycles. The minimum Gasteiger partial charge on any atom is -0.444 e. The van der Waals surface area contributed by atoms with Crippen LogP contribution in [0, 0.1) is 11.7 Å². The van der Waals surface area contributed by atoms with Crippen molar-refractivity contribution in [2.24, 2.45) is 5.92 Å². The first kappa shape index (κ1) is 39.6. The molecular weight excluding hydrogens is 711 g/mol. The predicted octanol–water partition coefficient (Wildman–Crippen LogP) is 8.79. The van der Waals surface area contributed by atoms with Crippen LogP contribution in [0.3, 0.4) is 0 Å². The second-order valence-electron chi connectivity index (χ2n) is 15.2. The van der Waals surface area contributed by atoms with E-state index in [9.17, 15) is 27.0 Å². The Balaban J connectivity index is 1.52. The molecule has 0 radical (unpaired) electrons. The first-order chi connectivity index (χ1) is 24.7. The van der Waals surface area contributed by atoms with Crippen molar-refractivity contribution >= 4 is 28.7 Å². The van der Waals surface area contributed by atoms with Crippen molar-refractivity contribution in [2.45, 2.75) is 95.8 Å². The topological polar surface area (TPSA) is 114 Å². The van der Waals surface area contributed by atoms with Crippen LogP contribution >= 0.6 is 0 Å². The third-order valence-electron chi connectivity index (χ3n) is 8.64. The lowest BCUT2D eigenvalue weighted by molar-refractivity contribution is -0.141. The highest BCUT2D eigenvalue weighted by Gasteiger charge is 2.41. The number of alkyl carbamates (subject to hydrolysis) is 1. The fraction of sp³-hybridized carbons (Fsp3) is 0.410. The van der Waals surface area contributed by atoms with Gasteiger partial charge in [0.2, 0.25) is 0 Å². The molecule has 1 aliphatic rings. The molecule has 9 nitrogen and oxygen atoms in total. The quantitative estimate of drug-likeness (QED) is 0.125. The number of hydrogen-bond donors (Lipinski definition) is 3. The van der Waals surface area contributed by atoms with Crippen molar-refractivity contribution in [2.75, 3.05) is 5.32 Å². The maximum atomic E-state index is 15.6. The average molecular weight is 756 g/mol. The molecule has 0 bridgehead atoms. The van der Waals surface area contributed by atoms with Gasteiger partial charge in [-0.25, -0.2) is 22.8 Å².